The van der Waals surface area contributed by atoms with Gasteiger partial charge in [0.1, 0.15) is 0 Å². The monoisotopic (exact) mass is 455 g/mol. The molecule has 0 radical (unpaired) electrons. The molecule has 2 nitrogen and oxygen atoms in total. The van der Waals surface area contributed by atoms with Crippen molar-refractivity contribution in [3.8, 4) is 0 Å². The zero-order valence-corrected chi connectivity index (χ0v) is 14.9. The summed E-state index contributed by atoms with van der Waals surface area (Å²) in [5.74, 6) is 0. The summed E-state index contributed by atoms with van der Waals surface area (Å²) in [6.45, 7) is 6.34. The van der Waals surface area contributed by atoms with Crippen LogP contribution in [0.25, 0.3) is 5.70 Å². The first kappa shape index (κ1) is 16.6. The van der Waals surface area contributed by atoms with Gasteiger partial charge in [0.15, 0.2) is 0 Å². The Morgan fingerprint density at radius 2 is 1.88 bits per heavy atom. The van der Waals surface area contributed by atoms with E-state index in [1.165, 1.54) is 18.4 Å². The SMILES string of the molecule is [CH2-]/C(CCCC)=C(/NNC)c1ccccc1.[U]. The Bertz CT molecular complexity index is 333. The van der Waals surface area contributed by atoms with Crippen molar-refractivity contribution < 1.29 is 31.1 Å². The van der Waals surface area contributed by atoms with Crippen molar-refractivity contribution >= 4 is 5.70 Å². The number of hydrogen-bond donors (Lipinski definition) is 2. The van der Waals surface area contributed by atoms with E-state index in [2.05, 4.69) is 36.8 Å². The van der Waals surface area contributed by atoms with Crippen LogP contribution in [0.5, 0.6) is 0 Å². The van der Waals surface area contributed by atoms with Gasteiger partial charge in [0.2, 0.25) is 0 Å². The van der Waals surface area contributed by atoms with E-state index >= 15 is 0 Å². The van der Waals surface area contributed by atoms with Gasteiger partial charge in [-0.1, -0.05) is 67.8 Å². The van der Waals surface area contributed by atoms with Gasteiger partial charge in [-0.25, -0.2) is 6.92 Å². The Morgan fingerprint density at radius 3 is 2.41 bits per heavy atom. The van der Waals surface area contributed by atoms with Crippen LogP contribution in [0, 0.1) is 38.0 Å². The first-order valence-corrected chi connectivity index (χ1v) is 5.82. The Kier molecular flexibility index (Phi) is 9.45. The summed E-state index contributed by atoms with van der Waals surface area (Å²) in [4.78, 5) is 0. The molecule has 3 heteroatoms. The fourth-order valence-corrected chi connectivity index (χ4v) is 1.61. The number of hydrazine groups is 1. The molecule has 0 aliphatic heterocycles. The number of unbranched alkanes of at least 4 members (excludes halogenated alkanes) is 1. The first-order chi connectivity index (χ1) is 7.79. The van der Waals surface area contributed by atoms with Gasteiger partial charge < -0.3 is 5.43 Å². The summed E-state index contributed by atoms with van der Waals surface area (Å²) in [5.41, 5.74) is 9.58. The maximum Gasteiger partial charge on any atom is 0.00178 e. The third-order valence-corrected chi connectivity index (χ3v) is 2.50. The minimum atomic E-state index is 0. The molecule has 17 heavy (non-hydrogen) atoms. The largest absolute Gasteiger partial charge is 0.399 e. The second-order valence-corrected chi connectivity index (χ2v) is 3.82. The van der Waals surface area contributed by atoms with Gasteiger partial charge in [-0.15, -0.1) is 0 Å². The van der Waals surface area contributed by atoms with Gasteiger partial charge >= 0.3 is 0 Å². The molecule has 0 aliphatic rings. The molecule has 0 atom stereocenters. The summed E-state index contributed by atoms with van der Waals surface area (Å²) in [5, 5.41) is 0. The maximum atomic E-state index is 4.15. The van der Waals surface area contributed by atoms with E-state index in [0.717, 1.165) is 17.7 Å². The Morgan fingerprint density at radius 1 is 1.24 bits per heavy atom. The second kappa shape index (κ2) is 9.65. The third-order valence-electron chi connectivity index (χ3n) is 2.50. The van der Waals surface area contributed by atoms with Gasteiger partial charge in [0, 0.05) is 38.2 Å². The molecule has 0 saturated carbocycles. The summed E-state index contributed by atoms with van der Waals surface area (Å²) >= 11 is 0. The standard InChI is InChI=1S/C14H21N2.U/c1-4-5-9-12(2)14(16-15-3)13-10-7-6-8-11-13;/h6-8,10-11,15-16H,2,4-5,9H2,1,3H3;/q-1;/b14-12-;. The van der Waals surface area contributed by atoms with Gasteiger partial charge in [0.05, 0.1) is 0 Å². The van der Waals surface area contributed by atoms with Crippen LogP contribution in [0.15, 0.2) is 35.9 Å². The molecule has 0 bridgehead atoms. The molecule has 1 rings (SSSR count). The molecular formula is C14H21N2U-. The van der Waals surface area contributed by atoms with Crippen LogP contribution in [-0.2, 0) is 0 Å². The first-order valence-electron chi connectivity index (χ1n) is 5.82. The molecule has 0 heterocycles. The normalized spacial score (nSPS) is 11.4. The minimum absolute atomic E-state index is 0. The smallest absolute Gasteiger partial charge is 0.00178 e. The van der Waals surface area contributed by atoms with Crippen molar-refractivity contribution in [3.05, 3.63) is 48.4 Å². The Balaban J connectivity index is 0.00000256. The molecule has 0 saturated heterocycles. The second-order valence-electron chi connectivity index (χ2n) is 3.82. The van der Waals surface area contributed by atoms with Crippen LogP contribution < -0.4 is 10.9 Å². The van der Waals surface area contributed by atoms with E-state index in [-0.39, 0.29) is 31.1 Å². The van der Waals surface area contributed by atoms with Gasteiger partial charge in [-0.3, -0.25) is 5.43 Å². The number of benzene rings is 1. The van der Waals surface area contributed by atoms with E-state index < -0.39 is 0 Å². The van der Waals surface area contributed by atoms with Crippen LogP contribution in [0.2, 0.25) is 0 Å². The fourth-order valence-electron chi connectivity index (χ4n) is 1.61. The average molecular weight is 455 g/mol. The van der Waals surface area contributed by atoms with E-state index in [1.807, 2.05) is 25.2 Å². The molecule has 0 aliphatic carbocycles. The summed E-state index contributed by atoms with van der Waals surface area (Å²) < 4.78 is 0. The number of nitrogens with one attached hydrogen (secondary N) is 2. The molecule has 0 aromatic heterocycles. The quantitative estimate of drug-likeness (QED) is 0.509. The van der Waals surface area contributed by atoms with Gasteiger partial charge in [-0.05, 0) is 0 Å². The predicted octanol–water partition coefficient (Wildman–Crippen LogP) is 3.15. The zero-order chi connectivity index (χ0) is 11.8. The van der Waals surface area contributed by atoms with E-state index in [4.69, 9.17) is 0 Å². The van der Waals surface area contributed by atoms with Crippen LogP contribution in [-0.4, -0.2) is 7.05 Å². The molecule has 1 aromatic rings. The summed E-state index contributed by atoms with van der Waals surface area (Å²) in [6, 6.07) is 10.3. The van der Waals surface area contributed by atoms with E-state index in [9.17, 15) is 0 Å². The molecule has 0 fully saturated rings. The molecule has 2 N–H and O–H groups in total. The fraction of sp³-hybridized carbons (Fsp3) is 0.357. The third kappa shape index (κ3) is 5.68. The van der Waals surface area contributed by atoms with Crippen LogP contribution in [0.1, 0.15) is 31.7 Å². The maximum absolute atomic E-state index is 4.15. The Labute approximate surface area is 129 Å². The number of rotatable bonds is 6. The number of allylic oxidation sites excluding steroid dienone is 1. The van der Waals surface area contributed by atoms with Crippen LogP contribution in [0.3, 0.4) is 0 Å². The van der Waals surface area contributed by atoms with Crippen molar-refractivity contribution in [3.63, 3.8) is 0 Å². The average Bonchev–Trinajstić information content (AvgIpc) is 2.34. The molecule has 0 spiro atoms. The predicted molar refractivity (Wildman–Crippen MR) is 70.4 cm³/mol. The van der Waals surface area contributed by atoms with Crippen molar-refractivity contribution in [1.82, 2.24) is 10.9 Å². The molecule has 92 valence electrons. The topological polar surface area (TPSA) is 24.1 Å². The Hall–Kier alpha value is -0.358. The van der Waals surface area contributed by atoms with E-state index in [0.29, 0.717) is 0 Å². The van der Waals surface area contributed by atoms with Crippen molar-refractivity contribution in [2.75, 3.05) is 7.05 Å². The molecule has 0 unspecified atom stereocenters. The molecule has 0 amide bonds. The van der Waals surface area contributed by atoms with Crippen molar-refractivity contribution in [2.45, 2.75) is 26.2 Å². The van der Waals surface area contributed by atoms with Gasteiger partial charge in [-0.2, -0.15) is 5.57 Å². The van der Waals surface area contributed by atoms with Crippen LogP contribution in [0.4, 0.5) is 0 Å². The summed E-state index contributed by atoms with van der Waals surface area (Å²) in [6.07, 6.45) is 3.41. The van der Waals surface area contributed by atoms with E-state index in [1.54, 1.807) is 0 Å². The zero-order valence-electron chi connectivity index (χ0n) is 10.7. The minimum Gasteiger partial charge on any atom is -0.399 e. The molecule has 1 aromatic carbocycles. The summed E-state index contributed by atoms with van der Waals surface area (Å²) in [7, 11) is 1.87. The molecular weight excluding hydrogens is 434 g/mol. The van der Waals surface area contributed by atoms with Gasteiger partial charge in [0.25, 0.3) is 0 Å². The number of hydrogen-bond acceptors (Lipinski definition) is 2. The van der Waals surface area contributed by atoms with Crippen LogP contribution >= 0.6 is 0 Å². The van der Waals surface area contributed by atoms with Crippen molar-refractivity contribution in [1.29, 1.82) is 0 Å². The van der Waals surface area contributed by atoms with Crippen molar-refractivity contribution in [2.24, 2.45) is 0 Å².